The van der Waals surface area contributed by atoms with Crippen LogP contribution in [-0.4, -0.2) is 33.7 Å². The largest absolute Gasteiger partial charge is 0.508 e. The van der Waals surface area contributed by atoms with E-state index in [2.05, 4.69) is 5.16 Å². The molecular formula is C16H18N2O4. The maximum atomic E-state index is 12.5. The minimum absolute atomic E-state index is 0.0900. The summed E-state index contributed by atoms with van der Waals surface area (Å²) in [5.41, 5.74) is 2.01. The Balaban J connectivity index is 1.65. The average Bonchev–Trinajstić information content (AvgIpc) is 2.89. The molecule has 3 rings (SSSR count). The molecule has 1 aliphatic rings. The van der Waals surface area contributed by atoms with Crippen molar-refractivity contribution < 1.29 is 19.2 Å². The Morgan fingerprint density at radius 3 is 2.86 bits per heavy atom. The van der Waals surface area contributed by atoms with Crippen LogP contribution in [0.1, 0.15) is 23.9 Å². The van der Waals surface area contributed by atoms with Crippen molar-refractivity contribution in [3.8, 4) is 11.5 Å². The summed E-state index contributed by atoms with van der Waals surface area (Å²) in [4.78, 5) is 14.2. The van der Waals surface area contributed by atoms with Gasteiger partial charge in [0.15, 0.2) is 11.9 Å². The van der Waals surface area contributed by atoms with Gasteiger partial charge >= 0.3 is 0 Å². The van der Waals surface area contributed by atoms with Crippen LogP contribution in [-0.2, 0) is 17.8 Å². The van der Waals surface area contributed by atoms with Gasteiger partial charge in [-0.1, -0.05) is 5.16 Å². The molecule has 22 heavy (non-hydrogen) atoms. The third-order valence-corrected chi connectivity index (χ3v) is 3.84. The van der Waals surface area contributed by atoms with Crippen LogP contribution in [0.15, 0.2) is 28.8 Å². The molecule has 0 aliphatic carbocycles. The van der Waals surface area contributed by atoms with E-state index in [1.165, 1.54) is 12.1 Å². The highest BCUT2D eigenvalue weighted by molar-refractivity contribution is 5.81. The standard InChI is InChI=1S/C16H18N2O4/c1-10-14-7-8-18(9-15(14)22-17-10)16(20)11(2)21-13-5-3-12(19)4-6-13/h3-6,11,19H,7-9H2,1-2H3. The number of hydrogen-bond acceptors (Lipinski definition) is 5. The number of rotatable bonds is 3. The molecule has 0 saturated carbocycles. The van der Waals surface area contributed by atoms with E-state index in [0.29, 0.717) is 18.8 Å². The molecular weight excluding hydrogens is 284 g/mol. The summed E-state index contributed by atoms with van der Waals surface area (Å²) >= 11 is 0. The number of aryl methyl sites for hydroxylation is 1. The molecule has 116 valence electrons. The summed E-state index contributed by atoms with van der Waals surface area (Å²) in [6.45, 7) is 4.70. The van der Waals surface area contributed by atoms with Crippen LogP contribution in [0.25, 0.3) is 0 Å². The van der Waals surface area contributed by atoms with E-state index in [4.69, 9.17) is 9.26 Å². The molecule has 1 atom stereocenters. The fourth-order valence-corrected chi connectivity index (χ4v) is 2.60. The minimum Gasteiger partial charge on any atom is -0.508 e. The highest BCUT2D eigenvalue weighted by Crippen LogP contribution is 2.23. The third-order valence-electron chi connectivity index (χ3n) is 3.84. The summed E-state index contributed by atoms with van der Waals surface area (Å²) in [7, 11) is 0. The fourth-order valence-electron chi connectivity index (χ4n) is 2.60. The highest BCUT2D eigenvalue weighted by atomic mass is 16.5. The maximum absolute atomic E-state index is 12.5. The van der Waals surface area contributed by atoms with Crippen molar-refractivity contribution in [1.82, 2.24) is 10.1 Å². The second kappa shape index (κ2) is 5.71. The third kappa shape index (κ3) is 2.77. The lowest BCUT2D eigenvalue weighted by atomic mass is 10.1. The second-order valence-corrected chi connectivity index (χ2v) is 5.43. The lowest BCUT2D eigenvalue weighted by Crippen LogP contribution is -2.43. The van der Waals surface area contributed by atoms with Gasteiger partial charge in [-0.3, -0.25) is 4.79 Å². The minimum atomic E-state index is -0.602. The number of aromatic nitrogens is 1. The molecule has 1 aromatic heterocycles. The van der Waals surface area contributed by atoms with Crippen LogP contribution in [0.4, 0.5) is 0 Å². The molecule has 1 N–H and O–H groups in total. The monoisotopic (exact) mass is 302 g/mol. The van der Waals surface area contributed by atoms with Crippen molar-refractivity contribution in [1.29, 1.82) is 0 Å². The number of amides is 1. The molecule has 0 fully saturated rings. The van der Waals surface area contributed by atoms with Gasteiger partial charge in [-0.15, -0.1) is 0 Å². The zero-order valence-corrected chi connectivity index (χ0v) is 12.6. The van der Waals surface area contributed by atoms with E-state index in [0.717, 1.165) is 23.4 Å². The van der Waals surface area contributed by atoms with E-state index in [1.54, 1.807) is 24.0 Å². The summed E-state index contributed by atoms with van der Waals surface area (Å²) in [5.74, 6) is 1.38. The number of nitrogens with zero attached hydrogens (tertiary/aromatic N) is 2. The molecule has 1 aliphatic heterocycles. The lowest BCUT2D eigenvalue weighted by molar-refractivity contribution is -0.139. The number of hydrogen-bond donors (Lipinski definition) is 1. The van der Waals surface area contributed by atoms with Crippen LogP contribution < -0.4 is 4.74 Å². The zero-order chi connectivity index (χ0) is 15.7. The highest BCUT2D eigenvalue weighted by Gasteiger charge is 2.29. The average molecular weight is 302 g/mol. The van der Waals surface area contributed by atoms with E-state index >= 15 is 0 Å². The predicted octanol–water partition coefficient (Wildman–Crippen LogP) is 2.04. The van der Waals surface area contributed by atoms with Crippen LogP contribution >= 0.6 is 0 Å². The molecule has 0 saturated heterocycles. The number of carbonyl (C=O) groups excluding carboxylic acids is 1. The lowest BCUT2D eigenvalue weighted by Gasteiger charge is -2.28. The van der Waals surface area contributed by atoms with E-state index < -0.39 is 6.10 Å². The van der Waals surface area contributed by atoms with Crippen LogP contribution in [0, 0.1) is 6.92 Å². The van der Waals surface area contributed by atoms with Gasteiger partial charge in [0.1, 0.15) is 11.5 Å². The first-order valence-corrected chi connectivity index (χ1v) is 7.23. The molecule has 1 unspecified atom stereocenters. The SMILES string of the molecule is Cc1noc2c1CCN(C(=O)C(C)Oc1ccc(O)cc1)C2. The smallest absolute Gasteiger partial charge is 0.263 e. The molecule has 1 aromatic carbocycles. The van der Waals surface area contributed by atoms with Gasteiger partial charge in [-0.25, -0.2) is 0 Å². The normalized spacial score (nSPS) is 15.3. The summed E-state index contributed by atoms with van der Waals surface area (Å²) in [6, 6.07) is 6.31. The summed E-state index contributed by atoms with van der Waals surface area (Å²) in [5, 5.41) is 13.2. The second-order valence-electron chi connectivity index (χ2n) is 5.43. The number of fused-ring (bicyclic) bond motifs is 1. The number of benzene rings is 1. The van der Waals surface area contributed by atoms with Crippen molar-refractivity contribution in [2.24, 2.45) is 0 Å². The van der Waals surface area contributed by atoms with Gasteiger partial charge in [0.05, 0.1) is 12.2 Å². The van der Waals surface area contributed by atoms with E-state index in [-0.39, 0.29) is 11.7 Å². The first-order chi connectivity index (χ1) is 10.5. The first-order valence-electron chi connectivity index (χ1n) is 7.23. The quantitative estimate of drug-likeness (QED) is 0.939. The number of ether oxygens (including phenoxy) is 1. The van der Waals surface area contributed by atoms with Gasteiger partial charge in [0.25, 0.3) is 5.91 Å². The molecule has 6 heteroatoms. The fraction of sp³-hybridized carbons (Fsp3) is 0.375. The van der Waals surface area contributed by atoms with Crippen LogP contribution in [0.3, 0.4) is 0 Å². The zero-order valence-electron chi connectivity index (χ0n) is 12.6. The summed E-state index contributed by atoms with van der Waals surface area (Å²) < 4.78 is 10.9. The number of phenols is 1. The van der Waals surface area contributed by atoms with Crippen molar-refractivity contribution >= 4 is 5.91 Å². The molecule has 2 heterocycles. The van der Waals surface area contributed by atoms with Gasteiger partial charge in [0.2, 0.25) is 0 Å². The number of phenolic OH excluding ortho intramolecular Hbond substituents is 1. The Hall–Kier alpha value is -2.50. The van der Waals surface area contributed by atoms with E-state index in [9.17, 15) is 9.90 Å². The van der Waals surface area contributed by atoms with Crippen molar-refractivity contribution in [2.45, 2.75) is 32.9 Å². The molecule has 0 radical (unpaired) electrons. The van der Waals surface area contributed by atoms with Gasteiger partial charge in [-0.2, -0.15) is 0 Å². The van der Waals surface area contributed by atoms with Crippen LogP contribution in [0.5, 0.6) is 11.5 Å². The van der Waals surface area contributed by atoms with Crippen LogP contribution in [0.2, 0.25) is 0 Å². The molecule has 2 aromatic rings. The van der Waals surface area contributed by atoms with E-state index in [1.807, 2.05) is 6.92 Å². The first kappa shape index (κ1) is 14.4. The van der Waals surface area contributed by atoms with Gasteiger partial charge in [0, 0.05) is 12.1 Å². The van der Waals surface area contributed by atoms with Crippen molar-refractivity contribution in [3.05, 3.63) is 41.3 Å². The Labute approximate surface area is 128 Å². The predicted molar refractivity (Wildman–Crippen MR) is 78.6 cm³/mol. The topological polar surface area (TPSA) is 75.8 Å². The molecule has 1 amide bonds. The number of carbonyl (C=O) groups is 1. The Morgan fingerprint density at radius 1 is 1.41 bits per heavy atom. The van der Waals surface area contributed by atoms with Gasteiger partial charge < -0.3 is 19.3 Å². The Bertz CT molecular complexity index is 678. The molecule has 6 nitrogen and oxygen atoms in total. The molecule has 0 bridgehead atoms. The van der Waals surface area contributed by atoms with Crippen molar-refractivity contribution in [3.63, 3.8) is 0 Å². The molecule has 0 spiro atoms. The number of aromatic hydroxyl groups is 1. The van der Waals surface area contributed by atoms with Gasteiger partial charge in [-0.05, 0) is 44.5 Å². The Morgan fingerprint density at radius 2 is 2.14 bits per heavy atom. The summed E-state index contributed by atoms with van der Waals surface area (Å²) in [6.07, 6.45) is 0.151. The van der Waals surface area contributed by atoms with Crippen molar-refractivity contribution in [2.75, 3.05) is 6.54 Å². The maximum Gasteiger partial charge on any atom is 0.263 e. The Kier molecular flexibility index (Phi) is 3.75.